The molecule has 1 aromatic carbocycles. The lowest BCUT2D eigenvalue weighted by molar-refractivity contribution is -0.145. The summed E-state index contributed by atoms with van der Waals surface area (Å²) in [7, 11) is 0. The Kier molecular flexibility index (Phi) is 5.98. The predicted molar refractivity (Wildman–Crippen MR) is 127 cm³/mol. The van der Waals surface area contributed by atoms with E-state index in [9.17, 15) is 9.90 Å². The van der Waals surface area contributed by atoms with Gasteiger partial charge in [-0.1, -0.05) is 48.7 Å². The fourth-order valence-electron chi connectivity index (χ4n) is 6.42. The van der Waals surface area contributed by atoms with Crippen LogP contribution in [0.4, 0.5) is 5.69 Å². The Morgan fingerprint density at radius 2 is 1.94 bits per heavy atom. The number of carbonyl (C=O) groups is 1. The molecular formula is C25H32Cl2N2O3. The quantitative estimate of drug-likeness (QED) is 0.515. The van der Waals surface area contributed by atoms with Gasteiger partial charge in [-0.15, -0.1) is 0 Å². The molecule has 174 valence electrons. The molecule has 0 bridgehead atoms. The first-order valence-corrected chi connectivity index (χ1v) is 12.5. The molecule has 32 heavy (non-hydrogen) atoms. The van der Waals surface area contributed by atoms with Crippen LogP contribution in [0.3, 0.4) is 0 Å². The highest BCUT2D eigenvalue weighted by molar-refractivity contribution is 6.42. The maximum atomic E-state index is 12.9. The van der Waals surface area contributed by atoms with E-state index in [-0.39, 0.29) is 29.3 Å². The summed E-state index contributed by atoms with van der Waals surface area (Å²) in [6.07, 6.45) is 4.46. The Balaban J connectivity index is 1.27. The van der Waals surface area contributed by atoms with Crippen LogP contribution in [-0.4, -0.2) is 60.9 Å². The minimum Gasteiger partial charge on any atom is -0.461 e. The highest BCUT2D eigenvalue weighted by Gasteiger charge is 2.59. The Hall–Kier alpha value is -1.27. The van der Waals surface area contributed by atoms with Gasteiger partial charge in [0, 0.05) is 56.2 Å². The molecule has 4 aliphatic rings. The van der Waals surface area contributed by atoms with E-state index < -0.39 is 6.10 Å². The van der Waals surface area contributed by atoms with Gasteiger partial charge in [0.1, 0.15) is 6.10 Å². The van der Waals surface area contributed by atoms with Gasteiger partial charge in [0.15, 0.2) is 0 Å². The van der Waals surface area contributed by atoms with E-state index in [0.29, 0.717) is 22.5 Å². The molecule has 6 atom stereocenters. The molecule has 1 aromatic rings. The second-order valence-electron chi connectivity index (χ2n) is 10.2. The number of allylic oxidation sites excluding steroid dienone is 1. The van der Waals surface area contributed by atoms with Crippen molar-refractivity contribution in [3.05, 3.63) is 39.9 Å². The number of fused-ring (bicyclic) bond motifs is 2. The van der Waals surface area contributed by atoms with Gasteiger partial charge < -0.3 is 14.7 Å². The Morgan fingerprint density at radius 1 is 1.19 bits per heavy atom. The van der Waals surface area contributed by atoms with Crippen molar-refractivity contribution < 1.29 is 14.6 Å². The minimum atomic E-state index is -0.545. The number of aliphatic hydroxyl groups excluding tert-OH is 1. The summed E-state index contributed by atoms with van der Waals surface area (Å²) in [6.45, 7) is 8.52. The summed E-state index contributed by atoms with van der Waals surface area (Å²) in [6, 6.07) is 5.74. The van der Waals surface area contributed by atoms with Crippen LogP contribution in [-0.2, 0) is 9.53 Å². The topological polar surface area (TPSA) is 53.0 Å². The summed E-state index contributed by atoms with van der Waals surface area (Å²) in [5, 5.41) is 12.7. The summed E-state index contributed by atoms with van der Waals surface area (Å²) in [5.74, 6) is -0.122. The van der Waals surface area contributed by atoms with E-state index in [1.165, 1.54) is 5.57 Å². The van der Waals surface area contributed by atoms with Crippen LogP contribution in [0.2, 0.25) is 10.0 Å². The number of rotatable bonds is 3. The number of hydrogen-bond acceptors (Lipinski definition) is 5. The van der Waals surface area contributed by atoms with Crippen molar-refractivity contribution in [3.8, 4) is 0 Å². The molecular weight excluding hydrogens is 447 g/mol. The Morgan fingerprint density at radius 3 is 2.66 bits per heavy atom. The molecule has 0 radical (unpaired) electrons. The van der Waals surface area contributed by atoms with E-state index in [0.717, 1.165) is 51.1 Å². The van der Waals surface area contributed by atoms with Gasteiger partial charge in [0.25, 0.3) is 0 Å². The van der Waals surface area contributed by atoms with Gasteiger partial charge in [-0.05, 0) is 37.0 Å². The highest BCUT2D eigenvalue weighted by atomic mass is 35.5. The first-order chi connectivity index (χ1) is 15.3. The summed E-state index contributed by atoms with van der Waals surface area (Å²) in [5.41, 5.74) is 2.10. The summed E-state index contributed by atoms with van der Waals surface area (Å²) < 4.78 is 5.83. The lowest BCUT2D eigenvalue weighted by atomic mass is 9.55. The lowest BCUT2D eigenvalue weighted by Crippen LogP contribution is -2.55. The number of hydrogen-bond donors (Lipinski definition) is 1. The maximum absolute atomic E-state index is 12.9. The van der Waals surface area contributed by atoms with E-state index in [4.69, 9.17) is 27.9 Å². The molecule has 3 fully saturated rings. The zero-order valence-corrected chi connectivity index (χ0v) is 20.3. The first kappa shape index (κ1) is 22.5. The van der Waals surface area contributed by atoms with Crippen LogP contribution in [0, 0.1) is 23.2 Å². The average molecular weight is 479 g/mol. The normalized spacial score (nSPS) is 37.5. The van der Waals surface area contributed by atoms with E-state index in [1.54, 1.807) is 0 Å². The van der Waals surface area contributed by atoms with Crippen LogP contribution in [0.15, 0.2) is 29.8 Å². The number of carbonyl (C=O) groups excluding carboxylic acids is 1. The molecule has 0 amide bonds. The first-order valence-electron chi connectivity index (χ1n) is 11.8. The number of halogens is 2. The number of piperazine rings is 1. The fraction of sp³-hybridized carbons (Fsp3) is 0.640. The smallest absolute Gasteiger partial charge is 0.311 e. The van der Waals surface area contributed by atoms with Crippen LogP contribution in [0.1, 0.15) is 33.1 Å². The lowest BCUT2D eigenvalue weighted by Gasteiger charge is -2.52. The van der Waals surface area contributed by atoms with Crippen LogP contribution < -0.4 is 4.90 Å². The molecule has 5 rings (SSSR count). The number of benzene rings is 1. The molecule has 1 N–H and O–H groups in total. The number of anilines is 1. The van der Waals surface area contributed by atoms with Gasteiger partial charge in [-0.3, -0.25) is 9.69 Å². The number of nitrogens with zero attached hydrogens (tertiary/aromatic N) is 2. The van der Waals surface area contributed by atoms with Crippen LogP contribution >= 0.6 is 23.2 Å². The summed E-state index contributed by atoms with van der Waals surface area (Å²) >= 11 is 12.2. The molecule has 0 spiro atoms. The molecule has 0 aromatic heterocycles. The van der Waals surface area contributed by atoms with Crippen molar-refractivity contribution in [1.29, 1.82) is 0 Å². The van der Waals surface area contributed by atoms with Crippen molar-refractivity contribution in [3.63, 3.8) is 0 Å². The molecule has 5 nitrogen and oxygen atoms in total. The SMILES string of the molecule is CC1CCC=C2CC3OC(=O)C(CN4CCN(c5ccc(Cl)c(Cl)c5)CC4)C3C(O)C21C. The van der Waals surface area contributed by atoms with Gasteiger partial charge >= 0.3 is 5.97 Å². The third-order valence-electron chi connectivity index (χ3n) is 8.67. The largest absolute Gasteiger partial charge is 0.461 e. The molecule has 6 unspecified atom stereocenters. The second-order valence-corrected chi connectivity index (χ2v) is 11.0. The maximum Gasteiger partial charge on any atom is 0.311 e. The van der Waals surface area contributed by atoms with Crippen molar-refractivity contribution in [2.75, 3.05) is 37.6 Å². The third-order valence-corrected chi connectivity index (χ3v) is 9.40. The zero-order valence-electron chi connectivity index (χ0n) is 18.8. The zero-order chi connectivity index (χ0) is 22.6. The Labute approximate surface area is 200 Å². The van der Waals surface area contributed by atoms with Crippen molar-refractivity contribution in [2.45, 2.75) is 45.3 Å². The van der Waals surface area contributed by atoms with Crippen LogP contribution in [0.25, 0.3) is 0 Å². The molecule has 7 heteroatoms. The predicted octanol–water partition coefficient (Wildman–Crippen LogP) is 4.40. The third kappa shape index (κ3) is 3.66. The molecule has 2 aliphatic heterocycles. The number of aliphatic hydroxyl groups is 1. The minimum absolute atomic E-state index is 0.127. The highest BCUT2D eigenvalue weighted by Crippen LogP contribution is 2.56. The van der Waals surface area contributed by atoms with Crippen molar-refractivity contribution in [1.82, 2.24) is 4.90 Å². The standard InChI is InChI=1S/C25H32Cl2N2O3/c1-15-4-3-5-16-12-21-22(23(30)25(15,16)2)18(24(31)32-21)14-28-8-10-29(11-9-28)17-6-7-19(26)20(27)13-17/h5-7,13,15,18,21-23,30H,3-4,8-12,14H2,1-2H3. The second kappa shape index (κ2) is 8.50. The fourth-order valence-corrected chi connectivity index (χ4v) is 6.71. The van der Waals surface area contributed by atoms with Gasteiger partial charge in [-0.25, -0.2) is 0 Å². The molecule has 2 heterocycles. The van der Waals surface area contributed by atoms with Gasteiger partial charge in [-0.2, -0.15) is 0 Å². The van der Waals surface area contributed by atoms with Gasteiger partial charge in [0.05, 0.1) is 22.1 Å². The van der Waals surface area contributed by atoms with Crippen molar-refractivity contribution in [2.24, 2.45) is 23.2 Å². The monoisotopic (exact) mass is 478 g/mol. The number of ether oxygens (including phenoxy) is 1. The van der Waals surface area contributed by atoms with Crippen molar-refractivity contribution >= 4 is 34.9 Å². The Bertz CT molecular complexity index is 930. The average Bonchev–Trinajstić information content (AvgIpc) is 3.08. The molecule has 2 saturated heterocycles. The van der Waals surface area contributed by atoms with E-state index >= 15 is 0 Å². The molecule has 2 aliphatic carbocycles. The van der Waals surface area contributed by atoms with Crippen LogP contribution in [0.5, 0.6) is 0 Å². The summed E-state index contributed by atoms with van der Waals surface area (Å²) in [4.78, 5) is 17.5. The molecule has 1 saturated carbocycles. The number of esters is 1. The van der Waals surface area contributed by atoms with E-state index in [1.807, 2.05) is 18.2 Å². The van der Waals surface area contributed by atoms with E-state index in [2.05, 4.69) is 29.7 Å². The van der Waals surface area contributed by atoms with Gasteiger partial charge in [0.2, 0.25) is 0 Å².